The number of benzene rings is 2. The van der Waals surface area contributed by atoms with Gasteiger partial charge in [-0.3, -0.25) is 14.4 Å². The standard InChI is InChI=1S/C20H19ClN2O4/c21-16-3-1-2-15(11-16)14-6-4-13(5-7-14)10-17(12-19(25)26)23-20(27)18(24)8-9-22/h1-9,11,17H,10,12,22H2,(H,23,27)(H,25,26)/t17-/m1/s1. The van der Waals surface area contributed by atoms with Crippen molar-refractivity contribution in [1.29, 1.82) is 0 Å². The maximum atomic E-state index is 11.8. The lowest BCUT2D eigenvalue weighted by molar-refractivity contribution is -0.139. The van der Waals surface area contributed by atoms with E-state index in [4.69, 9.17) is 22.4 Å². The van der Waals surface area contributed by atoms with Crippen LogP contribution in [0.1, 0.15) is 12.0 Å². The zero-order chi connectivity index (χ0) is 19.8. The number of carbonyl (C=O) groups excluding carboxylic acids is 2. The number of amides is 1. The first kappa shape index (κ1) is 20.2. The van der Waals surface area contributed by atoms with Crippen molar-refractivity contribution in [3.8, 4) is 11.1 Å². The lowest BCUT2D eigenvalue weighted by atomic mass is 9.99. The lowest BCUT2D eigenvalue weighted by Crippen LogP contribution is -2.41. The molecule has 0 aliphatic rings. The van der Waals surface area contributed by atoms with Crippen LogP contribution >= 0.6 is 11.6 Å². The van der Waals surface area contributed by atoms with Crippen molar-refractivity contribution >= 4 is 29.3 Å². The summed E-state index contributed by atoms with van der Waals surface area (Å²) in [5, 5.41) is 12.1. The van der Waals surface area contributed by atoms with E-state index in [2.05, 4.69) is 5.32 Å². The number of ketones is 1. The summed E-state index contributed by atoms with van der Waals surface area (Å²) in [6, 6.07) is 14.2. The zero-order valence-corrected chi connectivity index (χ0v) is 15.1. The second kappa shape index (κ2) is 9.54. The van der Waals surface area contributed by atoms with Gasteiger partial charge in [-0.15, -0.1) is 0 Å². The largest absolute Gasteiger partial charge is 0.481 e. The van der Waals surface area contributed by atoms with E-state index in [1.165, 1.54) is 0 Å². The molecule has 6 nitrogen and oxygen atoms in total. The van der Waals surface area contributed by atoms with E-state index in [0.29, 0.717) is 5.02 Å². The molecule has 0 spiro atoms. The highest BCUT2D eigenvalue weighted by atomic mass is 35.5. The smallest absolute Gasteiger partial charge is 0.305 e. The molecule has 27 heavy (non-hydrogen) atoms. The molecule has 0 saturated carbocycles. The molecule has 7 heteroatoms. The number of carboxylic acid groups (broad SMARTS) is 1. The Bertz CT molecular complexity index is 863. The number of nitrogens with one attached hydrogen (secondary N) is 1. The van der Waals surface area contributed by atoms with E-state index in [9.17, 15) is 14.4 Å². The quantitative estimate of drug-likeness (QED) is 0.477. The summed E-state index contributed by atoms with van der Waals surface area (Å²) in [4.78, 5) is 34.4. The van der Waals surface area contributed by atoms with Gasteiger partial charge in [0.15, 0.2) is 0 Å². The molecule has 0 aliphatic carbocycles. The van der Waals surface area contributed by atoms with Crippen LogP contribution in [0.4, 0.5) is 0 Å². The van der Waals surface area contributed by atoms with Crippen molar-refractivity contribution < 1.29 is 19.5 Å². The van der Waals surface area contributed by atoms with Gasteiger partial charge in [-0.05, 0) is 41.4 Å². The van der Waals surface area contributed by atoms with E-state index >= 15 is 0 Å². The van der Waals surface area contributed by atoms with Gasteiger partial charge in [0, 0.05) is 17.1 Å². The summed E-state index contributed by atoms with van der Waals surface area (Å²) in [6.45, 7) is 0. The Morgan fingerprint density at radius 1 is 1.11 bits per heavy atom. The first-order valence-electron chi connectivity index (χ1n) is 8.19. The van der Waals surface area contributed by atoms with Crippen LogP contribution in [0, 0.1) is 0 Å². The molecule has 0 radical (unpaired) electrons. The van der Waals surface area contributed by atoms with Gasteiger partial charge in [-0.25, -0.2) is 0 Å². The number of rotatable bonds is 8. The van der Waals surface area contributed by atoms with Gasteiger partial charge in [0.1, 0.15) is 0 Å². The van der Waals surface area contributed by atoms with Gasteiger partial charge in [0.25, 0.3) is 5.91 Å². The Morgan fingerprint density at radius 2 is 1.81 bits per heavy atom. The van der Waals surface area contributed by atoms with Gasteiger partial charge < -0.3 is 16.2 Å². The van der Waals surface area contributed by atoms with Gasteiger partial charge in [0.2, 0.25) is 5.78 Å². The monoisotopic (exact) mass is 386 g/mol. The van der Waals surface area contributed by atoms with Crippen LogP contribution in [-0.4, -0.2) is 28.8 Å². The van der Waals surface area contributed by atoms with Crippen LogP contribution in [0.15, 0.2) is 60.8 Å². The first-order chi connectivity index (χ1) is 12.9. The molecule has 0 heterocycles. The number of hydrogen-bond donors (Lipinski definition) is 3. The van der Waals surface area contributed by atoms with Crippen LogP contribution in [0.2, 0.25) is 5.02 Å². The fourth-order valence-corrected chi connectivity index (χ4v) is 2.78. The van der Waals surface area contributed by atoms with E-state index in [0.717, 1.165) is 29.0 Å². The molecule has 0 saturated heterocycles. The number of nitrogens with two attached hydrogens (primary N) is 1. The molecule has 0 unspecified atom stereocenters. The number of halogens is 1. The highest BCUT2D eigenvalue weighted by Crippen LogP contribution is 2.23. The summed E-state index contributed by atoms with van der Waals surface area (Å²) in [5.74, 6) is -2.79. The molecule has 2 aromatic carbocycles. The van der Waals surface area contributed by atoms with E-state index in [1.54, 1.807) is 6.07 Å². The minimum absolute atomic E-state index is 0.271. The summed E-state index contributed by atoms with van der Waals surface area (Å²) in [7, 11) is 0. The summed E-state index contributed by atoms with van der Waals surface area (Å²) in [6.07, 6.45) is 1.85. The fraction of sp³-hybridized carbons (Fsp3) is 0.150. The topological polar surface area (TPSA) is 109 Å². The normalized spacial score (nSPS) is 11.9. The maximum absolute atomic E-state index is 11.8. The second-order valence-electron chi connectivity index (χ2n) is 5.90. The molecule has 1 atom stereocenters. The molecule has 0 aliphatic heterocycles. The van der Waals surface area contributed by atoms with Gasteiger partial charge >= 0.3 is 5.97 Å². The molecular formula is C20H19ClN2O4. The Kier molecular flexibility index (Phi) is 7.14. The van der Waals surface area contributed by atoms with Crippen LogP contribution in [0.3, 0.4) is 0 Å². The predicted octanol–water partition coefficient (Wildman–Crippen LogP) is 2.55. The summed E-state index contributed by atoms with van der Waals surface area (Å²) in [5.41, 5.74) is 7.84. The molecule has 140 valence electrons. The third-order valence-corrected chi connectivity index (χ3v) is 4.06. The SMILES string of the molecule is NC=CC(=O)C(=O)N[C@@H](CC(=O)O)Cc1ccc(-c2cccc(Cl)c2)cc1. The Balaban J connectivity index is 2.11. The number of carbonyl (C=O) groups is 3. The van der Waals surface area contributed by atoms with Crippen LogP contribution in [0.25, 0.3) is 11.1 Å². The van der Waals surface area contributed by atoms with E-state index in [-0.39, 0.29) is 12.8 Å². The molecule has 4 N–H and O–H groups in total. The number of carboxylic acids is 1. The van der Waals surface area contributed by atoms with Crippen molar-refractivity contribution in [1.82, 2.24) is 5.32 Å². The minimum atomic E-state index is -1.07. The lowest BCUT2D eigenvalue weighted by Gasteiger charge is -2.16. The van der Waals surface area contributed by atoms with Crippen molar-refractivity contribution in [3.63, 3.8) is 0 Å². The molecule has 2 rings (SSSR count). The first-order valence-corrected chi connectivity index (χ1v) is 8.56. The second-order valence-corrected chi connectivity index (χ2v) is 6.34. The van der Waals surface area contributed by atoms with Crippen LogP contribution < -0.4 is 11.1 Å². The average molecular weight is 387 g/mol. The van der Waals surface area contributed by atoms with Gasteiger partial charge in [0.05, 0.1) is 6.42 Å². The van der Waals surface area contributed by atoms with Gasteiger partial charge in [-0.2, -0.15) is 0 Å². The minimum Gasteiger partial charge on any atom is -0.481 e. The van der Waals surface area contributed by atoms with E-state index in [1.807, 2.05) is 42.5 Å². The van der Waals surface area contributed by atoms with Crippen LogP contribution in [-0.2, 0) is 20.8 Å². The highest BCUT2D eigenvalue weighted by Gasteiger charge is 2.19. The third-order valence-electron chi connectivity index (χ3n) is 3.82. The van der Waals surface area contributed by atoms with Crippen molar-refractivity contribution in [3.05, 3.63) is 71.4 Å². The van der Waals surface area contributed by atoms with E-state index < -0.39 is 23.7 Å². The molecular weight excluding hydrogens is 368 g/mol. The van der Waals surface area contributed by atoms with Crippen molar-refractivity contribution in [2.45, 2.75) is 18.9 Å². The predicted molar refractivity (Wildman–Crippen MR) is 103 cm³/mol. The average Bonchev–Trinajstić information content (AvgIpc) is 2.62. The van der Waals surface area contributed by atoms with Gasteiger partial charge in [-0.1, -0.05) is 48.0 Å². The Morgan fingerprint density at radius 3 is 2.41 bits per heavy atom. The van der Waals surface area contributed by atoms with Crippen molar-refractivity contribution in [2.75, 3.05) is 0 Å². The Hall–Kier alpha value is -3.12. The van der Waals surface area contributed by atoms with Crippen LogP contribution in [0.5, 0.6) is 0 Å². The molecule has 0 aromatic heterocycles. The number of hydrogen-bond acceptors (Lipinski definition) is 4. The summed E-state index contributed by atoms with van der Waals surface area (Å²) >= 11 is 6.00. The fourth-order valence-electron chi connectivity index (χ4n) is 2.59. The molecule has 0 fully saturated rings. The van der Waals surface area contributed by atoms with Crippen molar-refractivity contribution in [2.24, 2.45) is 5.73 Å². The molecule has 0 bridgehead atoms. The zero-order valence-electron chi connectivity index (χ0n) is 14.4. The summed E-state index contributed by atoms with van der Waals surface area (Å²) < 4.78 is 0. The molecule has 2 aromatic rings. The highest BCUT2D eigenvalue weighted by molar-refractivity contribution is 6.40. The Labute approximate surface area is 161 Å². The molecule has 1 amide bonds. The maximum Gasteiger partial charge on any atom is 0.305 e. The number of aliphatic carboxylic acids is 1. The third kappa shape index (κ3) is 6.27.